The Bertz CT molecular complexity index is 858. The highest BCUT2D eigenvalue weighted by Gasteiger charge is 2.07. The van der Waals surface area contributed by atoms with Crippen LogP contribution in [0.3, 0.4) is 0 Å². The molecule has 0 bridgehead atoms. The molecule has 25 heavy (non-hydrogen) atoms. The predicted octanol–water partition coefficient (Wildman–Crippen LogP) is 3.10. The fourth-order valence-corrected chi connectivity index (χ4v) is 2.41. The van der Waals surface area contributed by atoms with E-state index in [-0.39, 0.29) is 18.3 Å². The maximum absolute atomic E-state index is 13.6. The molecule has 0 aliphatic heterocycles. The van der Waals surface area contributed by atoms with Gasteiger partial charge in [0.1, 0.15) is 11.6 Å². The molecule has 0 spiro atoms. The van der Waals surface area contributed by atoms with Gasteiger partial charge in [-0.1, -0.05) is 18.2 Å². The van der Waals surface area contributed by atoms with Crippen molar-refractivity contribution < 1.29 is 9.18 Å². The molecule has 0 saturated heterocycles. The first kappa shape index (κ1) is 16.7. The summed E-state index contributed by atoms with van der Waals surface area (Å²) < 4.78 is 15.5. The SMILES string of the molecule is Cn1ccnc1CNc1ccc(C(=O)NCc2ccccc2F)cc1. The molecule has 5 nitrogen and oxygen atoms in total. The van der Waals surface area contributed by atoms with Crippen molar-refractivity contribution in [3.05, 3.63) is 83.7 Å². The van der Waals surface area contributed by atoms with E-state index < -0.39 is 0 Å². The Hall–Kier alpha value is -3.15. The lowest BCUT2D eigenvalue weighted by Gasteiger charge is -2.09. The van der Waals surface area contributed by atoms with E-state index in [1.807, 2.05) is 29.9 Å². The lowest BCUT2D eigenvalue weighted by Crippen LogP contribution is -2.23. The van der Waals surface area contributed by atoms with Gasteiger partial charge >= 0.3 is 0 Å². The highest BCUT2D eigenvalue weighted by atomic mass is 19.1. The molecule has 0 fully saturated rings. The van der Waals surface area contributed by atoms with Gasteiger partial charge in [-0.15, -0.1) is 0 Å². The van der Waals surface area contributed by atoms with Crippen molar-refractivity contribution >= 4 is 11.6 Å². The molecule has 128 valence electrons. The third kappa shape index (κ3) is 4.23. The average Bonchev–Trinajstić information content (AvgIpc) is 3.04. The maximum atomic E-state index is 13.6. The number of halogens is 1. The highest BCUT2D eigenvalue weighted by molar-refractivity contribution is 5.94. The third-order valence-corrected chi connectivity index (χ3v) is 3.92. The van der Waals surface area contributed by atoms with Crippen LogP contribution in [0.1, 0.15) is 21.7 Å². The van der Waals surface area contributed by atoms with Crippen molar-refractivity contribution in [1.29, 1.82) is 0 Å². The van der Waals surface area contributed by atoms with Gasteiger partial charge in [-0.3, -0.25) is 4.79 Å². The summed E-state index contributed by atoms with van der Waals surface area (Å²) in [6.07, 6.45) is 3.64. The minimum absolute atomic E-state index is 0.157. The molecule has 0 aliphatic rings. The summed E-state index contributed by atoms with van der Waals surface area (Å²) in [7, 11) is 1.94. The summed E-state index contributed by atoms with van der Waals surface area (Å²) >= 11 is 0. The second-order valence-electron chi connectivity index (χ2n) is 5.66. The van der Waals surface area contributed by atoms with Crippen molar-refractivity contribution in [2.24, 2.45) is 7.05 Å². The second-order valence-corrected chi connectivity index (χ2v) is 5.66. The van der Waals surface area contributed by atoms with E-state index >= 15 is 0 Å². The summed E-state index contributed by atoms with van der Waals surface area (Å²) in [6.45, 7) is 0.757. The number of hydrogen-bond acceptors (Lipinski definition) is 3. The minimum atomic E-state index is -0.323. The lowest BCUT2D eigenvalue weighted by atomic mass is 10.1. The molecule has 0 radical (unpaired) electrons. The zero-order valence-electron chi connectivity index (χ0n) is 13.9. The molecule has 0 atom stereocenters. The summed E-state index contributed by atoms with van der Waals surface area (Å²) in [4.78, 5) is 16.4. The summed E-state index contributed by atoms with van der Waals surface area (Å²) in [5, 5.41) is 5.98. The van der Waals surface area contributed by atoms with E-state index in [0.29, 0.717) is 17.7 Å². The van der Waals surface area contributed by atoms with Gasteiger partial charge in [0.05, 0.1) is 6.54 Å². The summed E-state index contributed by atoms with van der Waals surface area (Å²) in [5.41, 5.74) is 1.89. The molecule has 2 aromatic carbocycles. The van der Waals surface area contributed by atoms with Gasteiger partial charge in [-0.25, -0.2) is 9.37 Å². The number of carbonyl (C=O) groups is 1. The molecule has 0 saturated carbocycles. The van der Waals surface area contributed by atoms with E-state index in [1.54, 1.807) is 36.5 Å². The van der Waals surface area contributed by atoms with Crippen molar-refractivity contribution in [3.63, 3.8) is 0 Å². The number of benzene rings is 2. The number of hydrogen-bond donors (Lipinski definition) is 2. The number of aromatic nitrogens is 2. The fraction of sp³-hybridized carbons (Fsp3) is 0.158. The van der Waals surface area contributed by atoms with Gasteiger partial charge in [-0.05, 0) is 30.3 Å². The topological polar surface area (TPSA) is 59.0 Å². The van der Waals surface area contributed by atoms with Crippen molar-refractivity contribution in [2.75, 3.05) is 5.32 Å². The van der Waals surface area contributed by atoms with E-state index in [2.05, 4.69) is 15.6 Å². The number of aryl methyl sites for hydroxylation is 1. The van der Waals surface area contributed by atoms with Crippen molar-refractivity contribution in [3.8, 4) is 0 Å². The molecule has 3 rings (SSSR count). The molecule has 2 N–H and O–H groups in total. The second kappa shape index (κ2) is 7.61. The smallest absolute Gasteiger partial charge is 0.251 e. The third-order valence-electron chi connectivity index (χ3n) is 3.92. The summed E-state index contributed by atoms with van der Waals surface area (Å²) in [5.74, 6) is 0.363. The Balaban J connectivity index is 1.55. The van der Waals surface area contributed by atoms with Gasteiger partial charge in [-0.2, -0.15) is 0 Å². The molecule has 1 aromatic heterocycles. The number of imidazole rings is 1. The zero-order chi connectivity index (χ0) is 17.6. The Kier molecular flexibility index (Phi) is 5.09. The Morgan fingerprint density at radius 3 is 2.56 bits per heavy atom. The van der Waals surface area contributed by atoms with Crippen LogP contribution in [0.15, 0.2) is 60.9 Å². The molecular formula is C19H19FN4O. The number of anilines is 1. The monoisotopic (exact) mass is 338 g/mol. The lowest BCUT2D eigenvalue weighted by molar-refractivity contribution is 0.0950. The minimum Gasteiger partial charge on any atom is -0.378 e. The highest BCUT2D eigenvalue weighted by Crippen LogP contribution is 2.11. The van der Waals surface area contributed by atoms with E-state index in [4.69, 9.17) is 0 Å². The van der Waals surface area contributed by atoms with Crippen LogP contribution in [-0.4, -0.2) is 15.5 Å². The van der Waals surface area contributed by atoms with E-state index in [9.17, 15) is 9.18 Å². The van der Waals surface area contributed by atoms with Crippen LogP contribution in [-0.2, 0) is 20.1 Å². The molecule has 1 heterocycles. The average molecular weight is 338 g/mol. The van der Waals surface area contributed by atoms with Crippen LogP contribution in [0.25, 0.3) is 0 Å². The van der Waals surface area contributed by atoms with Crippen LogP contribution in [0.4, 0.5) is 10.1 Å². The molecule has 0 unspecified atom stereocenters. The number of nitrogens with zero attached hydrogens (tertiary/aromatic N) is 2. The predicted molar refractivity (Wildman–Crippen MR) is 94.5 cm³/mol. The number of nitrogens with one attached hydrogen (secondary N) is 2. The van der Waals surface area contributed by atoms with Gasteiger partial charge < -0.3 is 15.2 Å². The standard InChI is InChI=1S/C19H19FN4O/c1-24-11-10-21-18(24)13-22-16-8-6-14(7-9-16)19(25)23-12-15-4-2-3-5-17(15)20/h2-11,22H,12-13H2,1H3,(H,23,25). The van der Waals surface area contributed by atoms with Crippen LogP contribution >= 0.6 is 0 Å². The number of carbonyl (C=O) groups excluding carboxylic acids is 1. The Morgan fingerprint density at radius 2 is 1.88 bits per heavy atom. The molecule has 3 aromatic rings. The molecule has 6 heteroatoms. The van der Waals surface area contributed by atoms with Crippen LogP contribution < -0.4 is 10.6 Å². The molecular weight excluding hydrogens is 319 g/mol. The largest absolute Gasteiger partial charge is 0.378 e. The molecule has 0 aliphatic carbocycles. The summed E-state index contributed by atoms with van der Waals surface area (Å²) in [6, 6.07) is 13.5. The van der Waals surface area contributed by atoms with Gasteiger partial charge in [0.2, 0.25) is 0 Å². The fourth-order valence-electron chi connectivity index (χ4n) is 2.41. The van der Waals surface area contributed by atoms with Gasteiger partial charge in [0.25, 0.3) is 5.91 Å². The zero-order valence-corrected chi connectivity index (χ0v) is 13.9. The van der Waals surface area contributed by atoms with Gasteiger partial charge in [0, 0.05) is 42.8 Å². The number of rotatable bonds is 6. The van der Waals surface area contributed by atoms with Crippen LogP contribution in [0, 0.1) is 5.82 Å². The van der Waals surface area contributed by atoms with Crippen LogP contribution in [0.5, 0.6) is 0 Å². The first-order chi connectivity index (χ1) is 12.1. The normalized spacial score (nSPS) is 10.5. The van der Waals surface area contributed by atoms with Crippen LogP contribution in [0.2, 0.25) is 0 Å². The molecule has 1 amide bonds. The Labute approximate surface area is 145 Å². The van der Waals surface area contributed by atoms with Crippen molar-refractivity contribution in [1.82, 2.24) is 14.9 Å². The van der Waals surface area contributed by atoms with Crippen molar-refractivity contribution in [2.45, 2.75) is 13.1 Å². The first-order valence-corrected chi connectivity index (χ1v) is 7.95. The maximum Gasteiger partial charge on any atom is 0.251 e. The Morgan fingerprint density at radius 1 is 1.12 bits per heavy atom. The van der Waals surface area contributed by atoms with E-state index in [1.165, 1.54) is 6.07 Å². The first-order valence-electron chi connectivity index (χ1n) is 7.95. The number of amides is 1. The quantitative estimate of drug-likeness (QED) is 0.726. The van der Waals surface area contributed by atoms with Gasteiger partial charge in [0.15, 0.2) is 0 Å². The van der Waals surface area contributed by atoms with E-state index in [0.717, 1.165) is 11.5 Å².